The summed E-state index contributed by atoms with van der Waals surface area (Å²) in [5, 5.41) is 3.99. The van der Waals surface area contributed by atoms with Gasteiger partial charge in [-0.05, 0) is 38.5 Å². The standard InChI is InChI=1S/C16H21N5O2S/c1-11(2)21-10-17-14-6-5-13(7-15(14)21)8-19-24(22,23)16-9-18-20(4)12(16)3/h5-7,9-11,19H,8H2,1-4H3. The van der Waals surface area contributed by atoms with E-state index in [0.29, 0.717) is 11.7 Å². The molecule has 3 aromatic rings. The Labute approximate surface area is 141 Å². The fraction of sp³-hybridized carbons (Fsp3) is 0.375. The number of nitrogens with one attached hydrogen (secondary N) is 1. The molecule has 0 fully saturated rings. The number of nitrogens with zero attached hydrogens (tertiary/aromatic N) is 4. The molecular weight excluding hydrogens is 326 g/mol. The number of rotatable bonds is 5. The van der Waals surface area contributed by atoms with Gasteiger partial charge in [-0.15, -0.1) is 0 Å². The lowest BCUT2D eigenvalue weighted by atomic mass is 10.2. The molecular formula is C16H21N5O2S. The highest BCUT2D eigenvalue weighted by molar-refractivity contribution is 7.89. The van der Waals surface area contributed by atoms with E-state index in [2.05, 4.69) is 33.2 Å². The molecule has 0 saturated carbocycles. The van der Waals surface area contributed by atoms with Crippen LogP contribution < -0.4 is 4.72 Å². The van der Waals surface area contributed by atoms with Crippen LogP contribution in [0.25, 0.3) is 11.0 Å². The normalized spacial score (nSPS) is 12.4. The van der Waals surface area contributed by atoms with Gasteiger partial charge < -0.3 is 4.57 Å². The zero-order valence-corrected chi connectivity index (χ0v) is 15.0. The second kappa shape index (κ2) is 6.03. The Morgan fingerprint density at radius 2 is 2.04 bits per heavy atom. The maximum Gasteiger partial charge on any atom is 0.244 e. The summed E-state index contributed by atoms with van der Waals surface area (Å²) >= 11 is 0. The van der Waals surface area contributed by atoms with Crippen molar-refractivity contribution < 1.29 is 8.42 Å². The lowest BCUT2D eigenvalue weighted by Crippen LogP contribution is -2.23. The maximum absolute atomic E-state index is 12.4. The molecule has 0 saturated heterocycles. The fourth-order valence-electron chi connectivity index (χ4n) is 2.59. The Kier molecular flexibility index (Phi) is 4.18. The van der Waals surface area contributed by atoms with Gasteiger partial charge in [0.2, 0.25) is 10.0 Å². The predicted octanol–water partition coefficient (Wildman–Crippen LogP) is 2.14. The number of aromatic nitrogens is 4. The zero-order valence-electron chi connectivity index (χ0n) is 14.2. The molecule has 2 heterocycles. The van der Waals surface area contributed by atoms with E-state index in [1.54, 1.807) is 18.7 Å². The topological polar surface area (TPSA) is 81.8 Å². The van der Waals surface area contributed by atoms with E-state index in [-0.39, 0.29) is 11.4 Å². The van der Waals surface area contributed by atoms with Gasteiger partial charge in [0.25, 0.3) is 0 Å². The van der Waals surface area contributed by atoms with Crippen LogP contribution in [0.2, 0.25) is 0 Å². The molecule has 7 nitrogen and oxygen atoms in total. The first kappa shape index (κ1) is 16.7. The van der Waals surface area contributed by atoms with Crippen LogP contribution in [0.3, 0.4) is 0 Å². The van der Waals surface area contributed by atoms with E-state index < -0.39 is 10.0 Å². The van der Waals surface area contributed by atoms with Gasteiger partial charge in [0.1, 0.15) is 4.90 Å². The zero-order chi connectivity index (χ0) is 17.5. The Balaban J connectivity index is 1.85. The lowest BCUT2D eigenvalue weighted by Gasteiger charge is -2.10. The van der Waals surface area contributed by atoms with Gasteiger partial charge in [-0.1, -0.05) is 6.07 Å². The first-order valence-corrected chi connectivity index (χ1v) is 9.21. The summed E-state index contributed by atoms with van der Waals surface area (Å²) in [4.78, 5) is 4.57. The minimum absolute atomic E-state index is 0.207. The van der Waals surface area contributed by atoms with Crippen LogP contribution in [-0.4, -0.2) is 27.7 Å². The number of fused-ring (bicyclic) bond motifs is 1. The molecule has 0 aliphatic rings. The van der Waals surface area contributed by atoms with Crippen molar-refractivity contribution in [3.8, 4) is 0 Å². The number of hydrogen-bond acceptors (Lipinski definition) is 4. The molecule has 0 unspecified atom stereocenters. The highest BCUT2D eigenvalue weighted by atomic mass is 32.2. The number of sulfonamides is 1. The van der Waals surface area contributed by atoms with E-state index in [1.807, 2.05) is 24.5 Å². The average molecular weight is 347 g/mol. The lowest BCUT2D eigenvalue weighted by molar-refractivity contribution is 0.580. The van der Waals surface area contributed by atoms with Crippen LogP contribution in [0, 0.1) is 6.92 Å². The highest BCUT2D eigenvalue weighted by Crippen LogP contribution is 2.19. The number of imidazole rings is 1. The van der Waals surface area contributed by atoms with E-state index in [9.17, 15) is 8.42 Å². The molecule has 0 radical (unpaired) electrons. The number of aryl methyl sites for hydroxylation is 1. The molecule has 24 heavy (non-hydrogen) atoms. The third-order valence-electron chi connectivity index (χ3n) is 4.14. The van der Waals surface area contributed by atoms with E-state index in [0.717, 1.165) is 16.6 Å². The second-order valence-corrected chi connectivity index (χ2v) is 7.85. The summed E-state index contributed by atoms with van der Waals surface area (Å²) in [6.07, 6.45) is 3.18. The van der Waals surface area contributed by atoms with Crippen LogP contribution in [0.4, 0.5) is 0 Å². The van der Waals surface area contributed by atoms with Crippen LogP contribution in [0.1, 0.15) is 31.1 Å². The van der Waals surface area contributed by atoms with Crippen molar-refractivity contribution in [2.45, 2.75) is 38.3 Å². The van der Waals surface area contributed by atoms with Crippen molar-refractivity contribution in [2.24, 2.45) is 7.05 Å². The third-order valence-corrected chi connectivity index (χ3v) is 5.65. The van der Waals surface area contributed by atoms with Gasteiger partial charge in [-0.3, -0.25) is 4.68 Å². The quantitative estimate of drug-likeness (QED) is 0.766. The van der Waals surface area contributed by atoms with Crippen molar-refractivity contribution in [3.05, 3.63) is 42.0 Å². The smallest absolute Gasteiger partial charge is 0.244 e. The molecule has 1 aromatic carbocycles. The van der Waals surface area contributed by atoms with Gasteiger partial charge in [0.15, 0.2) is 0 Å². The van der Waals surface area contributed by atoms with Crippen LogP contribution >= 0.6 is 0 Å². The Morgan fingerprint density at radius 1 is 1.29 bits per heavy atom. The van der Waals surface area contributed by atoms with Crippen LogP contribution in [0.5, 0.6) is 0 Å². The summed E-state index contributed by atoms with van der Waals surface area (Å²) in [5.41, 5.74) is 3.39. The molecule has 0 aliphatic heterocycles. The molecule has 128 valence electrons. The summed E-state index contributed by atoms with van der Waals surface area (Å²) in [6.45, 7) is 6.12. The van der Waals surface area contributed by atoms with E-state index in [1.165, 1.54) is 6.20 Å². The van der Waals surface area contributed by atoms with Gasteiger partial charge in [-0.25, -0.2) is 18.1 Å². The Bertz CT molecular complexity index is 985. The monoisotopic (exact) mass is 347 g/mol. The van der Waals surface area contributed by atoms with Crippen molar-refractivity contribution in [1.29, 1.82) is 0 Å². The van der Waals surface area contributed by atoms with E-state index >= 15 is 0 Å². The molecule has 0 aliphatic carbocycles. The summed E-state index contributed by atoms with van der Waals surface area (Å²) < 4.78 is 31.1. The largest absolute Gasteiger partial charge is 0.328 e. The SMILES string of the molecule is Cc1c(S(=O)(=O)NCc2ccc3ncn(C(C)C)c3c2)cnn1C. The van der Waals surface area contributed by atoms with E-state index in [4.69, 9.17) is 0 Å². The first-order valence-electron chi connectivity index (χ1n) is 7.73. The van der Waals surface area contributed by atoms with Crippen molar-refractivity contribution in [2.75, 3.05) is 0 Å². The van der Waals surface area contributed by atoms with Gasteiger partial charge in [0, 0.05) is 19.6 Å². The first-order chi connectivity index (χ1) is 11.3. The average Bonchev–Trinajstić information content (AvgIpc) is 3.09. The maximum atomic E-state index is 12.4. The van der Waals surface area contributed by atoms with Gasteiger partial charge >= 0.3 is 0 Å². The third kappa shape index (κ3) is 2.94. The predicted molar refractivity (Wildman–Crippen MR) is 92.1 cm³/mol. The van der Waals surface area contributed by atoms with Crippen molar-refractivity contribution >= 4 is 21.1 Å². The van der Waals surface area contributed by atoms with Crippen LogP contribution in [-0.2, 0) is 23.6 Å². The van der Waals surface area contributed by atoms with Crippen molar-refractivity contribution in [3.63, 3.8) is 0 Å². The molecule has 0 amide bonds. The fourth-order valence-corrected chi connectivity index (χ4v) is 3.81. The van der Waals surface area contributed by atoms with Crippen LogP contribution in [0.15, 0.2) is 35.6 Å². The minimum atomic E-state index is -3.59. The van der Waals surface area contributed by atoms with Crippen molar-refractivity contribution in [1.82, 2.24) is 24.1 Å². The molecule has 0 spiro atoms. The molecule has 0 atom stereocenters. The molecule has 8 heteroatoms. The van der Waals surface area contributed by atoms with Gasteiger partial charge in [0.05, 0.1) is 29.3 Å². The second-order valence-electron chi connectivity index (χ2n) is 6.11. The van der Waals surface area contributed by atoms with Gasteiger partial charge in [-0.2, -0.15) is 5.10 Å². The minimum Gasteiger partial charge on any atom is -0.328 e. The number of hydrogen-bond donors (Lipinski definition) is 1. The summed E-state index contributed by atoms with van der Waals surface area (Å²) in [5.74, 6) is 0. The molecule has 1 N–H and O–H groups in total. The highest BCUT2D eigenvalue weighted by Gasteiger charge is 2.19. The summed E-state index contributed by atoms with van der Waals surface area (Å²) in [7, 11) is -1.87. The molecule has 0 bridgehead atoms. The Morgan fingerprint density at radius 3 is 2.67 bits per heavy atom. The molecule has 2 aromatic heterocycles. The summed E-state index contributed by atoms with van der Waals surface area (Å²) in [6, 6.07) is 6.06. The Hall–Kier alpha value is -2.19. The number of benzene rings is 1. The molecule has 3 rings (SSSR count).